The molecule has 1 aromatic carbocycles. The Morgan fingerprint density at radius 1 is 1.24 bits per heavy atom. The van der Waals surface area contributed by atoms with Crippen LogP contribution in [-0.2, 0) is 19.6 Å². The van der Waals surface area contributed by atoms with E-state index in [1.165, 1.54) is 24.3 Å². The Labute approximate surface area is 123 Å². The molecular formula is C13H17NO6S. The molecular weight excluding hydrogens is 298 g/mol. The Kier molecular flexibility index (Phi) is 5.45. The molecule has 0 unspecified atom stereocenters. The van der Waals surface area contributed by atoms with Crippen LogP contribution in [-0.4, -0.2) is 38.6 Å². The van der Waals surface area contributed by atoms with Crippen molar-refractivity contribution in [1.82, 2.24) is 4.72 Å². The van der Waals surface area contributed by atoms with E-state index in [-0.39, 0.29) is 11.5 Å². The first-order valence-corrected chi connectivity index (χ1v) is 7.61. The molecule has 1 aromatic rings. The number of hydrogen-bond donors (Lipinski definition) is 2. The molecule has 2 N–H and O–H groups in total. The molecule has 7 nitrogen and oxygen atoms in total. The predicted molar refractivity (Wildman–Crippen MR) is 74.4 cm³/mol. The fraction of sp³-hybridized carbons (Fsp3) is 0.385. The molecule has 0 amide bonds. The highest BCUT2D eigenvalue weighted by Crippen LogP contribution is 2.17. The van der Waals surface area contributed by atoms with E-state index in [9.17, 15) is 18.0 Å². The van der Waals surface area contributed by atoms with Gasteiger partial charge in [0.25, 0.3) is 0 Å². The summed E-state index contributed by atoms with van der Waals surface area (Å²) in [6.07, 6.45) is 0. The Morgan fingerprint density at radius 3 is 2.29 bits per heavy atom. The van der Waals surface area contributed by atoms with E-state index in [1.54, 1.807) is 13.8 Å². The minimum absolute atomic E-state index is 0.357. The van der Waals surface area contributed by atoms with Crippen LogP contribution in [0.4, 0.5) is 0 Å². The lowest BCUT2D eigenvalue weighted by atomic mass is 10.1. The van der Waals surface area contributed by atoms with Gasteiger partial charge >= 0.3 is 11.9 Å². The molecule has 8 heteroatoms. The Morgan fingerprint density at radius 2 is 1.81 bits per heavy atom. The van der Waals surface area contributed by atoms with Crippen molar-refractivity contribution < 1.29 is 27.9 Å². The largest absolute Gasteiger partial charge is 0.478 e. The SMILES string of the molecule is COC(=O)[C@@H](NS(=O)(=O)c1ccccc1C(=O)O)C(C)C. The summed E-state index contributed by atoms with van der Waals surface area (Å²) in [5.41, 5.74) is -0.364. The van der Waals surface area contributed by atoms with Crippen molar-refractivity contribution in [3.05, 3.63) is 29.8 Å². The molecule has 116 valence electrons. The number of hydrogen-bond acceptors (Lipinski definition) is 5. The van der Waals surface area contributed by atoms with Gasteiger partial charge in [-0.1, -0.05) is 26.0 Å². The van der Waals surface area contributed by atoms with Gasteiger partial charge in [-0.25, -0.2) is 13.2 Å². The van der Waals surface area contributed by atoms with Crippen molar-refractivity contribution in [2.24, 2.45) is 5.92 Å². The summed E-state index contributed by atoms with van der Waals surface area (Å²) in [5.74, 6) is -2.46. The number of ether oxygens (including phenoxy) is 1. The third kappa shape index (κ3) is 4.02. The third-order valence-corrected chi connectivity index (χ3v) is 4.31. The van der Waals surface area contributed by atoms with Crippen molar-refractivity contribution in [3.63, 3.8) is 0 Å². The highest BCUT2D eigenvalue weighted by atomic mass is 32.2. The topological polar surface area (TPSA) is 110 Å². The molecule has 1 atom stereocenters. The smallest absolute Gasteiger partial charge is 0.337 e. The van der Waals surface area contributed by atoms with E-state index in [4.69, 9.17) is 5.11 Å². The van der Waals surface area contributed by atoms with Crippen LogP contribution in [0, 0.1) is 5.92 Å². The zero-order valence-electron chi connectivity index (χ0n) is 11.9. The Hall–Kier alpha value is -1.93. The molecule has 0 aliphatic heterocycles. The molecule has 0 aliphatic carbocycles. The average molecular weight is 315 g/mol. The quantitative estimate of drug-likeness (QED) is 0.753. The van der Waals surface area contributed by atoms with E-state index in [1.807, 2.05) is 0 Å². The molecule has 1 rings (SSSR count). The monoisotopic (exact) mass is 315 g/mol. The third-order valence-electron chi connectivity index (χ3n) is 2.81. The number of aromatic carboxylic acids is 1. The van der Waals surface area contributed by atoms with Gasteiger partial charge in [-0.3, -0.25) is 4.79 Å². The summed E-state index contributed by atoms with van der Waals surface area (Å²) in [5, 5.41) is 9.04. The van der Waals surface area contributed by atoms with Crippen molar-refractivity contribution in [3.8, 4) is 0 Å². The maximum absolute atomic E-state index is 12.3. The van der Waals surface area contributed by atoms with Gasteiger partial charge in [-0.05, 0) is 18.1 Å². The summed E-state index contributed by atoms with van der Waals surface area (Å²) < 4.78 is 31.4. The number of benzene rings is 1. The van der Waals surface area contributed by atoms with Crippen LogP contribution in [0.2, 0.25) is 0 Å². The fourth-order valence-electron chi connectivity index (χ4n) is 1.69. The van der Waals surface area contributed by atoms with Crippen LogP contribution >= 0.6 is 0 Å². The lowest BCUT2D eigenvalue weighted by molar-refractivity contribution is -0.143. The maximum atomic E-state index is 12.3. The van der Waals surface area contributed by atoms with Gasteiger partial charge in [0.1, 0.15) is 6.04 Å². The minimum Gasteiger partial charge on any atom is -0.478 e. The van der Waals surface area contributed by atoms with E-state index >= 15 is 0 Å². The fourth-order valence-corrected chi connectivity index (χ4v) is 3.22. The average Bonchev–Trinajstić information content (AvgIpc) is 2.43. The number of carboxylic acid groups (broad SMARTS) is 1. The number of carbonyl (C=O) groups excluding carboxylic acids is 1. The number of nitrogens with one attached hydrogen (secondary N) is 1. The van der Waals surface area contributed by atoms with Gasteiger partial charge in [0.15, 0.2) is 0 Å². The van der Waals surface area contributed by atoms with Crippen molar-refractivity contribution in [1.29, 1.82) is 0 Å². The molecule has 0 spiro atoms. The van der Waals surface area contributed by atoms with Gasteiger partial charge in [-0.15, -0.1) is 0 Å². The van der Waals surface area contributed by atoms with Crippen LogP contribution in [0.5, 0.6) is 0 Å². The number of carbonyl (C=O) groups is 2. The van der Waals surface area contributed by atoms with Gasteiger partial charge < -0.3 is 9.84 Å². The van der Waals surface area contributed by atoms with Crippen molar-refractivity contribution in [2.45, 2.75) is 24.8 Å². The molecule has 0 bridgehead atoms. The first-order chi connectivity index (χ1) is 9.70. The van der Waals surface area contributed by atoms with E-state index < -0.39 is 32.9 Å². The highest BCUT2D eigenvalue weighted by molar-refractivity contribution is 7.89. The number of sulfonamides is 1. The van der Waals surface area contributed by atoms with Crippen LogP contribution in [0.3, 0.4) is 0 Å². The summed E-state index contributed by atoms with van der Waals surface area (Å²) in [4.78, 5) is 22.3. The zero-order chi connectivity index (χ0) is 16.2. The van der Waals surface area contributed by atoms with Gasteiger partial charge in [0.2, 0.25) is 10.0 Å². The standard InChI is InChI=1S/C13H17NO6S/c1-8(2)11(13(17)20-3)14-21(18,19)10-7-5-4-6-9(10)12(15)16/h4-8,11,14H,1-3H3,(H,15,16)/t11-/m0/s1. The van der Waals surface area contributed by atoms with Gasteiger partial charge in [-0.2, -0.15) is 4.72 Å². The summed E-state index contributed by atoms with van der Waals surface area (Å²) in [7, 11) is -3.02. The summed E-state index contributed by atoms with van der Waals surface area (Å²) >= 11 is 0. The van der Waals surface area contributed by atoms with E-state index in [0.29, 0.717) is 0 Å². The van der Waals surface area contributed by atoms with Crippen LogP contribution in [0.15, 0.2) is 29.2 Å². The Balaban J connectivity index is 3.23. The highest BCUT2D eigenvalue weighted by Gasteiger charge is 2.31. The molecule has 0 radical (unpaired) electrons. The predicted octanol–water partition coefficient (Wildman–Crippen LogP) is 0.861. The molecule has 0 saturated heterocycles. The second-order valence-corrected chi connectivity index (χ2v) is 6.35. The number of rotatable bonds is 6. The number of methoxy groups -OCH3 is 1. The zero-order valence-corrected chi connectivity index (χ0v) is 12.7. The first kappa shape index (κ1) is 17.1. The van der Waals surface area contributed by atoms with Crippen LogP contribution in [0.25, 0.3) is 0 Å². The number of esters is 1. The van der Waals surface area contributed by atoms with Crippen molar-refractivity contribution in [2.75, 3.05) is 7.11 Å². The number of carboxylic acids is 1. The second-order valence-electron chi connectivity index (χ2n) is 4.67. The lowest BCUT2D eigenvalue weighted by Gasteiger charge is -2.20. The molecule has 21 heavy (non-hydrogen) atoms. The molecule has 0 aromatic heterocycles. The van der Waals surface area contributed by atoms with E-state index in [2.05, 4.69) is 9.46 Å². The van der Waals surface area contributed by atoms with E-state index in [0.717, 1.165) is 7.11 Å². The Bertz CT molecular complexity index is 638. The van der Waals surface area contributed by atoms with Gasteiger partial charge in [0, 0.05) is 0 Å². The molecule has 0 saturated carbocycles. The summed E-state index contributed by atoms with van der Waals surface area (Å²) in [6.45, 7) is 3.29. The minimum atomic E-state index is -4.17. The molecule has 0 aliphatic rings. The summed E-state index contributed by atoms with van der Waals surface area (Å²) in [6, 6.07) is 4.08. The van der Waals surface area contributed by atoms with Gasteiger partial charge in [0.05, 0.1) is 17.6 Å². The van der Waals surface area contributed by atoms with Crippen LogP contribution < -0.4 is 4.72 Å². The normalized spacial score (nSPS) is 13.0. The maximum Gasteiger partial charge on any atom is 0.337 e. The molecule has 0 heterocycles. The van der Waals surface area contributed by atoms with Crippen molar-refractivity contribution >= 4 is 22.0 Å². The van der Waals surface area contributed by atoms with Crippen LogP contribution in [0.1, 0.15) is 24.2 Å². The first-order valence-electron chi connectivity index (χ1n) is 6.13. The molecule has 0 fully saturated rings. The lowest BCUT2D eigenvalue weighted by Crippen LogP contribution is -2.45. The second kappa shape index (κ2) is 6.68.